The average Bonchev–Trinajstić information content (AvgIpc) is 2.17. The summed E-state index contributed by atoms with van der Waals surface area (Å²) in [5, 5.41) is 0. The Morgan fingerprint density at radius 3 is 2.62 bits per heavy atom. The summed E-state index contributed by atoms with van der Waals surface area (Å²) >= 11 is 0. The van der Waals surface area contributed by atoms with Crippen LogP contribution in [0, 0.1) is 5.92 Å². The molecule has 1 aliphatic heterocycles. The van der Waals surface area contributed by atoms with Crippen molar-refractivity contribution < 1.29 is 4.79 Å². The van der Waals surface area contributed by atoms with Crippen LogP contribution in [0.25, 0.3) is 0 Å². The first-order chi connectivity index (χ1) is 6.29. The van der Waals surface area contributed by atoms with Crippen LogP contribution in [0.3, 0.4) is 0 Å². The minimum Gasteiger partial charge on any atom is -0.351 e. The fraction of sp³-hybridized carbons (Fsp3) is 0.900. The molecule has 0 spiro atoms. The molecule has 3 heteroatoms. The molecule has 0 aromatic heterocycles. The zero-order valence-electron chi connectivity index (χ0n) is 8.04. The molecule has 2 rings (SSSR count). The lowest BCUT2D eigenvalue weighted by Gasteiger charge is -2.43. The van der Waals surface area contributed by atoms with Crippen molar-refractivity contribution in [2.24, 2.45) is 11.7 Å². The van der Waals surface area contributed by atoms with Crippen LogP contribution in [0.4, 0.5) is 4.79 Å². The van der Waals surface area contributed by atoms with Crippen LogP contribution >= 0.6 is 0 Å². The first-order valence-corrected chi connectivity index (χ1v) is 5.35. The predicted octanol–water partition coefficient (Wildman–Crippen LogP) is 1.72. The Morgan fingerprint density at radius 2 is 1.85 bits per heavy atom. The molecule has 2 N–H and O–H groups in total. The van der Waals surface area contributed by atoms with E-state index in [1.165, 1.54) is 32.1 Å². The summed E-state index contributed by atoms with van der Waals surface area (Å²) < 4.78 is 0. The monoisotopic (exact) mass is 182 g/mol. The minimum atomic E-state index is -0.211. The van der Waals surface area contributed by atoms with E-state index in [9.17, 15) is 4.79 Å². The number of rotatable bonds is 0. The zero-order chi connectivity index (χ0) is 9.26. The lowest BCUT2D eigenvalue weighted by molar-refractivity contribution is 0.0888. The molecule has 13 heavy (non-hydrogen) atoms. The molecule has 2 fully saturated rings. The van der Waals surface area contributed by atoms with E-state index in [4.69, 9.17) is 5.73 Å². The Morgan fingerprint density at radius 1 is 1.15 bits per heavy atom. The van der Waals surface area contributed by atoms with E-state index in [0.717, 1.165) is 18.9 Å². The summed E-state index contributed by atoms with van der Waals surface area (Å²) in [5.41, 5.74) is 5.36. The van der Waals surface area contributed by atoms with Crippen molar-refractivity contribution in [3.05, 3.63) is 0 Å². The van der Waals surface area contributed by atoms with E-state index in [-0.39, 0.29) is 6.03 Å². The number of nitrogens with two attached hydrogens (primary N) is 1. The van der Waals surface area contributed by atoms with Gasteiger partial charge in [0.15, 0.2) is 0 Å². The Hall–Kier alpha value is -0.730. The van der Waals surface area contributed by atoms with Gasteiger partial charge in [0.2, 0.25) is 0 Å². The molecule has 3 nitrogen and oxygen atoms in total. The number of amides is 2. The molecular formula is C10H18N2O. The molecule has 0 aromatic rings. The lowest BCUT2D eigenvalue weighted by atomic mass is 9.78. The van der Waals surface area contributed by atoms with Crippen LogP contribution < -0.4 is 5.73 Å². The van der Waals surface area contributed by atoms with Crippen molar-refractivity contribution in [3.63, 3.8) is 0 Å². The normalized spacial score (nSPS) is 34.0. The molecule has 0 bridgehead atoms. The number of carbonyl (C=O) groups is 1. The van der Waals surface area contributed by atoms with Gasteiger partial charge < -0.3 is 10.6 Å². The third-order valence-electron chi connectivity index (χ3n) is 3.53. The number of urea groups is 1. The molecule has 0 aromatic carbocycles. The third kappa shape index (κ3) is 1.64. The van der Waals surface area contributed by atoms with E-state index in [0.29, 0.717) is 6.04 Å². The minimum absolute atomic E-state index is 0.211. The first-order valence-electron chi connectivity index (χ1n) is 5.35. The molecule has 2 unspecified atom stereocenters. The van der Waals surface area contributed by atoms with Crippen LogP contribution in [0.1, 0.15) is 38.5 Å². The standard InChI is InChI=1S/C10H18N2O/c11-10(13)12-7-3-5-8-4-1-2-6-9(8)12/h8-9H,1-7H2,(H2,11,13). The summed E-state index contributed by atoms with van der Waals surface area (Å²) in [6, 6.07) is 0.261. The second kappa shape index (κ2) is 3.56. The van der Waals surface area contributed by atoms with Crippen LogP contribution in [0.15, 0.2) is 0 Å². The summed E-state index contributed by atoms with van der Waals surface area (Å²) in [5.74, 6) is 0.745. The SMILES string of the molecule is NC(=O)N1CCCC2CCCCC21. The van der Waals surface area contributed by atoms with Crippen molar-refractivity contribution in [2.45, 2.75) is 44.6 Å². The molecule has 1 aliphatic carbocycles. The number of nitrogens with zero attached hydrogens (tertiary/aromatic N) is 1. The third-order valence-corrected chi connectivity index (χ3v) is 3.53. The average molecular weight is 182 g/mol. The number of likely N-dealkylation sites (tertiary alicyclic amines) is 1. The molecule has 1 heterocycles. The van der Waals surface area contributed by atoms with Gasteiger partial charge in [0, 0.05) is 12.6 Å². The number of hydrogen-bond donors (Lipinski definition) is 1. The summed E-state index contributed by atoms with van der Waals surface area (Å²) in [6.07, 6.45) is 7.53. The highest BCUT2D eigenvalue weighted by Crippen LogP contribution is 2.34. The van der Waals surface area contributed by atoms with Gasteiger partial charge in [0.05, 0.1) is 0 Å². The Labute approximate surface area is 79.3 Å². The second-order valence-corrected chi connectivity index (χ2v) is 4.29. The molecular weight excluding hydrogens is 164 g/mol. The maximum atomic E-state index is 11.2. The molecule has 0 radical (unpaired) electrons. The van der Waals surface area contributed by atoms with Crippen molar-refractivity contribution in [1.29, 1.82) is 0 Å². The van der Waals surface area contributed by atoms with E-state index >= 15 is 0 Å². The van der Waals surface area contributed by atoms with Crippen molar-refractivity contribution >= 4 is 6.03 Å². The summed E-state index contributed by atoms with van der Waals surface area (Å²) in [6.45, 7) is 0.885. The van der Waals surface area contributed by atoms with Gasteiger partial charge in [-0.1, -0.05) is 12.8 Å². The van der Waals surface area contributed by atoms with Gasteiger partial charge >= 0.3 is 6.03 Å². The molecule has 2 amide bonds. The van der Waals surface area contributed by atoms with Crippen molar-refractivity contribution in [1.82, 2.24) is 4.90 Å². The topological polar surface area (TPSA) is 46.3 Å². The number of hydrogen-bond acceptors (Lipinski definition) is 1. The molecule has 1 saturated heterocycles. The smallest absolute Gasteiger partial charge is 0.315 e. The number of piperidine rings is 1. The van der Waals surface area contributed by atoms with Crippen molar-refractivity contribution in [3.8, 4) is 0 Å². The fourth-order valence-corrected chi connectivity index (χ4v) is 2.90. The van der Waals surface area contributed by atoms with Crippen LogP contribution in [-0.2, 0) is 0 Å². The number of primary amides is 1. The molecule has 1 saturated carbocycles. The Balaban J connectivity index is 2.06. The van der Waals surface area contributed by atoms with Gasteiger partial charge in [-0.2, -0.15) is 0 Å². The van der Waals surface area contributed by atoms with Gasteiger partial charge in [-0.05, 0) is 31.6 Å². The summed E-state index contributed by atoms with van der Waals surface area (Å²) in [7, 11) is 0. The highest BCUT2D eigenvalue weighted by atomic mass is 16.2. The second-order valence-electron chi connectivity index (χ2n) is 4.29. The van der Waals surface area contributed by atoms with Gasteiger partial charge in [0.25, 0.3) is 0 Å². The molecule has 2 aliphatic rings. The van der Waals surface area contributed by atoms with Crippen LogP contribution in [0.5, 0.6) is 0 Å². The van der Waals surface area contributed by atoms with E-state index in [1.54, 1.807) is 0 Å². The first kappa shape index (κ1) is 8.85. The van der Waals surface area contributed by atoms with Gasteiger partial charge in [-0.25, -0.2) is 4.79 Å². The van der Waals surface area contributed by atoms with Crippen LogP contribution in [0.2, 0.25) is 0 Å². The maximum Gasteiger partial charge on any atom is 0.315 e. The highest BCUT2D eigenvalue weighted by Gasteiger charge is 2.34. The largest absolute Gasteiger partial charge is 0.351 e. The lowest BCUT2D eigenvalue weighted by Crippen LogP contribution is -2.51. The number of fused-ring (bicyclic) bond motifs is 1. The fourth-order valence-electron chi connectivity index (χ4n) is 2.90. The number of carbonyl (C=O) groups excluding carboxylic acids is 1. The van der Waals surface area contributed by atoms with Crippen LogP contribution in [-0.4, -0.2) is 23.5 Å². The Bertz CT molecular complexity index is 203. The Kier molecular flexibility index (Phi) is 2.42. The van der Waals surface area contributed by atoms with Gasteiger partial charge in [-0.15, -0.1) is 0 Å². The predicted molar refractivity (Wildman–Crippen MR) is 51.3 cm³/mol. The van der Waals surface area contributed by atoms with E-state index in [2.05, 4.69) is 0 Å². The highest BCUT2D eigenvalue weighted by molar-refractivity contribution is 5.72. The summed E-state index contributed by atoms with van der Waals surface area (Å²) in [4.78, 5) is 13.1. The zero-order valence-corrected chi connectivity index (χ0v) is 8.04. The maximum absolute atomic E-state index is 11.2. The molecule has 74 valence electrons. The van der Waals surface area contributed by atoms with Gasteiger partial charge in [-0.3, -0.25) is 0 Å². The molecule has 2 atom stereocenters. The quantitative estimate of drug-likeness (QED) is 0.609. The van der Waals surface area contributed by atoms with E-state index in [1.807, 2.05) is 4.90 Å². The van der Waals surface area contributed by atoms with Gasteiger partial charge in [0.1, 0.15) is 0 Å². The van der Waals surface area contributed by atoms with Crippen molar-refractivity contribution in [2.75, 3.05) is 6.54 Å². The van der Waals surface area contributed by atoms with E-state index < -0.39 is 0 Å².